The van der Waals surface area contributed by atoms with E-state index in [1.165, 1.54) is 18.2 Å². The van der Waals surface area contributed by atoms with Gasteiger partial charge in [-0.05, 0) is 42.0 Å². The molecule has 0 saturated carbocycles. The van der Waals surface area contributed by atoms with Crippen LogP contribution in [0.15, 0.2) is 55.1 Å². The lowest BCUT2D eigenvalue weighted by atomic mass is 10.1. The summed E-state index contributed by atoms with van der Waals surface area (Å²) in [5.41, 5.74) is 2.17. The summed E-state index contributed by atoms with van der Waals surface area (Å²) in [6, 6.07) is 10.7. The van der Waals surface area contributed by atoms with E-state index < -0.39 is 18.0 Å². The number of nitrogens with zero attached hydrogens (tertiary/aromatic N) is 3. The van der Waals surface area contributed by atoms with Crippen LogP contribution in [0, 0.1) is 5.82 Å². The Morgan fingerprint density at radius 1 is 1.16 bits per heavy atom. The Hall–Kier alpha value is -3.00. The summed E-state index contributed by atoms with van der Waals surface area (Å²) in [5.74, 6) is 0.0488. The van der Waals surface area contributed by atoms with Crippen LogP contribution in [-0.4, -0.2) is 34.5 Å². The first-order valence-electron chi connectivity index (χ1n) is 9.36. The van der Waals surface area contributed by atoms with Gasteiger partial charge in [0.2, 0.25) is 0 Å². The van der Waals surface area contributed by atoms with Crippen molar-refractivity contribution in [2.24, 2.45) is 0 Å². The molecule has 2 aromatic carbocycles. The van der Waals surface area contributed by atoms with Crippen LogP contribution >= 0.6 is 11.6 Å². The Morgan fingerprint density at radius 3 is 2.48 bits per heavy atom. The minimum absolute atomic E-state index is 0.129. The number of ether oxygens (including phenoxy) is 1. The maximum Gasteiger partial charge on any atom is 0.412 e. The average Bonchev–Trinajstić information content (AvgIpc) is 3.17. The predicted octanol–water partition coefficient (Wildman–Crippen LogP) is 5.94. The van der Waals surface area contributed by atoms with E-state index in [9.17, 15) is 17.6 Å². The highest BCUT2D eigenvalue weighted by atomic mass is 35.5. The van der Waals surface area contributed by atoms with Gasteiger partial charge in [0.15, 0.2) is 6.04 Å². The third kappa shape index (κ3) is 4.12. The van der Waals surface area contributed by atoms with Crippen molar-refractivity contribution in [3.05, 3.63) is 77.2 Å². The van der Waals surface area contributed by atoms with Gasteiger partial charge in [-0.2, -0.15) is 18.3 Å². The number of methoxy groups -OCH3 is 1. The van der Waals surface area contributed by atoms with Gasteiger partial charge in [0.05, 0.1) is 29.2 Å². The summed E-state index contributed by atoms with van der Waals surface area (Å²) >= 11 is 5.83. The fourth-order valence-electron chi connectivity index (χ4n) is 3.56. The highest BCUT2D eigenvalue weighted by Crippen LogP contribution is 2.40. The number of fused-ring (bicyclic) bond motifs is 1. The molecule has 2 heterocycles. The predicted molar refractivity (Wildman–Crippen MR) is 110 cm³/mol. The van der Waals surface area contributed by atoms with Crippen molar-refractivity contribution in [1.82, 2.24) is 14.7 Å². The number of alkyl halides is 3. The molecule has 162 valence electrons. The van der Waals surface area contributed by atoms with Gasteiger partial charge in [-0.15, -0.1) is 0 Å². The minimum atomic E-state index is -4.52. The number of hydrogen-bond acceptors (Lipinski definition) is 3. The fourth-order valence-corrected chi connectivity index (χ4v) is 3.74. The molecule has 31 heavy (non-hydrogen) atoms. The van der Waals surface area contributed by atoms with Gasteiger partial charge >= 0.3 is 6.18 Å². The van der Waals surface area contributed by atoms with Gasteiger partial charge < -0.3 is 9.64 Å². The average molecular weight is 452 g/mol. The third-order valence-electron chi connectivity index (χ3n) is 5.23. The van der Waals surface area contributed by atoms with Crippen molar-refractivity contribution < 1.29 is 22.3 Å². The number of halogens is 5. The van der Waals surface area contributed by atoms with Crippen LogP contribution in [0.25, 0.3) is 17.0 Å². The first kappa shape index (κ1) is 21.2. The first-order chi connectivity index (χ1) is 14.7. The van der Waals surface area contributed by atoms with Gasteiger partial charge in [-0.25, -0.2) is 9.07 Å². The van der Waals surface area contributed by atoms with E-state index in [2.05, 4.69) is 11.7 Å². The van der Waals surface area contributed by atoms with Gasteiger partial charge in [0, 0.05) is 18.7 Å². The summed E-state index contributed by atoms with van der Waals surface area (Å²) < 4.78 is 61.2. The van der Waals surface area contributed by atoms with Crippen LogP contribution in [0.2, 0.25) is 5.02 Å². The molecule has 0 saturated heterocycles. The van der Waals surface area contributed by atoms with Crippen molar-refractivity contribution in [1.29, 1.82) is 0 Å². The zero-order valence-corrected chi connectivity index (χ0v) is 17.2. The van der Waals surface area contributed by atoms with E-state index in [0.29, 0.717) is 17.0 Å². The first-order valence-corrected chi connectivity index (χ1v) is 9.74. The van der Waals surface area contributed by atoms with E-state index in [0.717, 1.165) is 16.3 Å². The molecule has 0 aliphatic carbocycles. The van der Waals surface area contributed by atoms with Crippen LogP contribution in [0.1, 0.15) is 17.3 Å². The Labute approximate surface area is 181 Å². The van der Waals surface area contributed by atoms with Crippen molar-refractivity contribution in [2.75, 3.05) is 13.7 Å². The molecule has 1 aromatic heterocycles. The zero-order valence-electron chi connectivity index (χ0n) is 16.5. The van der Waals surface area contributed by atoms with E-state index in [-0.39, 0.29) is 29.5 Å². The molecule has 0 amide bonds. The molecule has 1 atom stereocenters. The van der Waals surface area contributed by atoms with Gasteiger partial charge in [0.25, 0.3) is 0 Å². The molecule has 9 heteroatoms. The molecule has 0 bridgehead atoms. The van der Waals surface area contributed by atoms with Gasteiger partial charge in [0.1, 0.15) is 11.6 Å². The zero-order chi connectivity index (χ0) is 22.3. The molecular weight excluding hydrogens is 434 g/mol. The maximum absolute atomic E-state index is 13.9. The largest absolute Gasteiger partial charge is 0.497 e. The van der Waals surface area contributed by atoms with Crippen molar-refractivity contribution in [2.45, 2.75) is 18.8 Å². The number of rotatable bonds is 4. The van der Waals surface area contributed by atoms with E-state index in [1.807, 2.05) is 0 Å². The molecule has 0 fully saturated rings. The highest BCUT2D eigenvalue weighted by molar-refractivity contribution is 6.31. The van der Waals surface area contributed by atoms with E-state index in [4.69, 9.17) is 16.3 Å². The molecule has 1 unspecified atom stereocenters. The monoisotopic (exact) mass is 451 g/mol. The van der Waals surface area contributed by atoms with Crippen LogP contribution < -0.4 is 4.74 Å². The molecule has 3 aromatic rings. The summed E-state index contributed by atoms with van der Waals surface area (Å²) in [4.78, 5) is 1.58. The second-order valence-electron chi connectivity index (χ2n) is 7.22. The third-order valence-corrected chi connectivity index (χ3v) is 5.52. The fraction of sp³-hybridized carbons (Fsp3) is 0.227. The number of benzene rings is 2. The smallest absolute Gasteiger partial charge is 0.412 e. The maximum atomic E-state index is 13.9. The molecule has 1 aliphatic rings. The quantitative estimate of drug-likeness (QED) is 0.460. The summed E-state index contributed by atoms with van der Waals surface area (Å²) in [7, 11) is 1.54. The Kier molecular flexibility index (Phi) is 5.43. The lowest BCUT2D eigenvalue weighted by molar-refractivity contribution is -0.175. The van der Waals surface area contributed by atoms with Crippen LogP contribution in [0.5, 0.6) is 5.75 Å². The van der Waals surface area contributed by atoms with Crippen molar-refractivity contribution in [3.63, 3.8) is 0 Å². The van der Waals surface area contributed by atoms with Crippen molar-refractivity contribution in [3.8, 4) is 17.0 Å². The Morgan fingerprint density at radius 2 is 1.87 bits per heavy atom. The molecule has 4 rings (SSSR count). The molecule has 0 spiro atoms. The van der Waals surface area contributed by atoms with Gasteiger partial charge in [-0.3, -0.25) is 0 Å². The second-order valence-corrected chi connectivity index (χ2v) is 7.63. The molecule has 1 aliphatic heterocycles. The van der Waals surface area contributed by atoms with Crippen LogP contribution in [-0.2, 0) is 6.54 Å². The number of hydrogen-bond donors (Lipinski definition) is 0. The molecule has 4 nitrogen and oxygen atoms in total. The highest BCUT2D eigenvalue weighted by Gasteiger charge is 2.46. The van der Waals surface area contributed by atoms with Crippen molar-refractivity contribution >= 4 is 17.3 Å². The summed E-state index contributed by atoms with van der Waals surface area (Å²) in [6.07, 6.45) is -4.52. The number of aromatic nitrogens is 2. The Bertz CT molecular complexity index is 1120. The second kappa shape index (κ2) is 7.92. The lowest BCUT2D eigenvalue weighted by Gasteiger charge is -2.37. The minimum Gasteiger partial charge on any atom is -0.497 e. The molecule has 0 radical (unpaired) electrons. The molecular formula is C22H18ClF4N3O. The van der Waals surface area contributed by atoms with Crippen LogP contribution in [0.3, 0.4) is 0 Å². The summed E-state index contributed by atoms with van der Waals surface area (Å²) in [6.45, 7) is 3.93. The van der Waals surface area contributed by atoms with Crippen LogP contribution in [0.4, 0.5) is 17.6 Å². The van der Waals surface area contributed by atoms with Gasteiger partial charge in [-0.1, -0.05) is 30.3 Å². The molecule has 0 N–H and O–H groups in total. The topological polar surface area (TPSA) is 30.3 Å². The van der Waals surface area contributed by atoms with E-state index in [1.54, 1.807) is 36.3 Å². The normalized spacial score (nSPS) is 16.4. The SMILES string of the molecule is C=C1c2cc(-c3ccc(F)c(Cl)c3)nn2C(C(F)(F)F)CN1Cc1ccc(OC)cc1. The lowest BCUT2D eigenvalue weighted by Crippen LogP contribution is -2.42. The van der Waals surface area contributed by atoms with E-state index >= 15 is 0 Å². The Balaban J connectivity index is 1.71. The standard InChI is InChI=1S/C22H18ClF4N3O/c1-13-20-10-19(15-5-8-18(24)17(23)9-15)28-30(20)21(22(25,26)27)12-29(13)11-14-3-6-16(31-2)7-4-14/h3-10,21H,1,11-12H2,2H3. The summed E-state index contributed by atoms with van der Waals surface area (Å²) in [5, 5.41) is 4.04.